The molecule has 17 heavy (non-hydrogen) atoms. The topological polar surface area (TPSA) is 55.2 Å². The molecule has 5 heteroatoms. The maximum atomic E-state index is 10.2. The van der Waals surface area contributed by atoms with Crippen LogP contribution in [0.5, 0.6) is 5.75 Å². The van der Waals surface area contributed by atoms with Crippen LogP contribution in [0.1, 0.15) is 17.4 Å². The lowest BCUT2D eigenvalue weighted by molar-refractivity contribution is 0.213. The molecule has 0 bridgehead atoms. The molecular weight excluding hydrogens is 284 g/mol. The minimum atomic E-state index is -0.826. The fourth-order valence-corrected chi connectivity index (χ4v) is 1.93. The maximum absolute atomic E-state index is 10.2. The van der Waals surface area contributed by atoms with Crippen molar-refractivity contribution in [3.8, 4) is 5.75 Å². The summed E-state index contributed by atoms with van der Waals surface area (Å²) in [6.45, 7) is 0. The van der Waals surface area contributed by atoms with Gasteiger partial charge < -0.3 is 9.84 Å². The molecule has 0 fully saturated rings. The number of aromatic nitrogens is 2. The van der Waals surface area contributed by atoms with E-state index >= 15 is 0 Å². The van der Waals surface area contributed by atoms with Crippen molar-refractivity contribution in [2.24, 2.45) is 0 Å². The highest BCUT2D eigenvalue weighted by atomic mass is 79.9. The van der Waals surface area contributed by atoms with Gasteiger partial charge in [-0.25, -0.2) is 0 Å². The number of pyridine rings is 2. The van der Waals surface area contributed by atoms with E-state index in [-0.39, 0.29) is 0 Å². The summed E-state index contributed by atoms with van der Waals surface area (Å²) in [5.74, 6) is 0.605. The molecule has 2 aromatic rings. The Bertz CT molecular complexity index is 519. The summed E-state index contributed by atoms with van der Waals surface area (Å²) >= 11 is 3.36. The van der Waals surface area contributed by atoms with Crippen LogP contribution >= 0.6 is 15.9 Å². The number of aliphatic hydroxyl groups excluding tert-OH is 1. The van der Waals surface area contributed by atoms with Crippen molar-refractivity contribution in [1.29, 1.82) is 0 Å². The highest BCUT2D eigenvalue weighted by Gasteiger charge is 2.15. The smallest absolute Gasteiger partial charge is 0.137 e. The zero-order valence-electron chi connectivity index (χ0n) is 9.17. The molecule has 0 radical (unpaired) electrons. The van der Waals surface area contributed by atoms with Crippen LogP contribution in [-0.4, -0.2) is 22.2 Å². The number of hydrogen-bond donors (Lipinski definition) is 1. The fraction of sp³-hybridized carbons (Fsp3) is 0.167. The molecule has 1 N–H and O–H groups in total. The lowest BCUT2D eigenvalue weighted by Gasteiger charge is -2.12. The van der Waals surface area contributed by atoms with Crippen LogP contribution in [0.3, 0.4) is 0 Å². The van der Waals surface area contributed by atoms with Crippen molar-refractivity contribution in [1.82, 2.24) is 9.97 Å². The van der Waals surface area contributed by atoms with E-state index in [1.807, 2.05) is 6.07 Å². The molecule has 2 heterocycles. The molecule has 1 unspecified atom stereocenters. The van der Waals surface area contributed by atoms with Crippen LogP contribution in [0.4, 0.5) is 0 Å². The second-order valence-corrected chi connectivity index (χ2v) is 4.29. The summed E-state index contributed by atoms with van der Waals surface area (Å²) in [4.78, 5) is 8.15. The van der Waals surface area contributed by atoms with Gasteiger partial charge in [-0.2, -0.15) is 0 Å². The third kappa shape index (κ3) is 2.62. The van der Waals surface area contributed by atoms with Crippen molar-refractivity contribution in [3.05, 3.63) is 52.5 Å². The van der Waals surface area contributed by atoms with E-state index in [1.165, 1.54) is 0 Å². The number of ether oxygens (including phenoxy) is 1. The number of hydrogen-bond acceptors (Lipinski definition) is 4. The molecule has 0 aliphatic heterocycles. The first-order valence-corrected chi connectivity index (χ1v) is 5.79. The Morgan fingerprint density at radius 3 is 2.94 bits per heavy atom. The molecule has 0 saturated heterocycles. The van der Waals surface area contributed by atoms with Crippen LogP contribution in [0.15, 0.2) is 41.3 Å². The van der Waals surface area contributed by atoms with Crippen molar-refractivity contribution < 1.29 is 9.84 Å². The summed E-state index contributed by atoms with van der Waals surface area (Å²) in [6, 6.07) is 5.36. The molecule has 1 atom stereocenters. The molecular formula is C12H11BrN2O2. The molecule has 0 spiro atoms. The Morgan fingerprint density at radius 2 is 2.24 bits per heavy atom. The van der Waals surface area contributed by atoms with Crippen molar-refractivity contribution in [2.45, 2.75) is 6.10 Å². The maximum Gasteiger partial charge on any atom is 0.137 e. The zero-order valence-corrected chi connectivity index (χ0v) is 10.8. The molecule has 0 aliphatic rings. The van der Waals surface area contributed by atoms with E-state index in [9.17, 15) is 5.11 Å². The Labute approximate surface area is 107 Å². The monoisotopic (exact) mass is 294 g/mol. The predicted molar refractivity (Wildman–Crippen MR) is 66.8 cm³/mol. The molecule has 0 aliphatic carbocycles. The van der Waals surface area contributed by atoms with Crippen molar-refractivity contribution in [3.63, 3.8) is 0 Å². The van der Waals surface area contributed by atoms with E-state index in [0.29, 0.717) is 17.0 Å². The molecule has 0 amide bonds. The Kier molecular flexibility index (Phi) is 3.71. The Hall–Kier alpha value is -1.46. The average Bonchev–Trinajstić information content (AvgIpc) is 2.38. The van der Waals surface area contributed by atoms with Gasteiger partial charge in [-0.1, -0.05) is 0 Å². The quantitative estimate of drug-likeness (QED) is 0.944. The highest BCUT2D eigenvalue weighted by Crippen LogP contribution is 2.27. The van der Waals surface area contributed by atoms with Crippen LogP contribution in [0, 0.1) is 0 Å². The summed E-state index contributed by atoms with van der Waals surface area (Å²) < 4.78 is 5.82. The number of methoxy groups -OCH3 is 1. The van der Waals surface area contributed by atoms with Gasteiger partial charge in [0, 0.05) is 22.4 Å². The van der Waals surface area contributed by atoms with E-state index in [4.69, 9.17) is 4.74 Å². The van der Waals surface area contributed by atoms with Gasteiger partial charge in [0.05, 0.1) is 19.0 Å². The van der Waals surface area contributed by atoms with E-state index in [1.54, 1.807) is 37.8 Å². The van der Waals surface area contributed by atoms with Crippen LogP contribution in [0.25, 0.3) is 0 Å². The second-order valence-electron chi connectivity index (χ2n) is 3.43. The third-order valence-electron chi connectivity index (χ3n) is 2.33. The summed E-state index contributed by atoms with van der Waals surface area (Å²) in [7, 11) is 1.56. The van der Waals surface area contributed by atoms with E-state index in [2.05, 4.69) is 25.9 Å². The number of nitrogens with zero attached hydrogens (tertiary/aromatic N) is 2. The Balaban J connectivity index is 2.37. The number of aliphatic hydroxyl groups is 1. The normalized spacial score (nSPS) is 12.2. The first kappa shape index (κ1) is 12.0. The first-order chi connectivity index (χ1) is 8.22. The van der Waals surface area contributed by atoms with Crippen LogP contribution in [0.2, 0.25) is 0 Å². The summed E-state index contributed by atoms with van der Waals surface area (Å²) in [5, 5.41) is 10.2. The van der Waals surface area contributed by atoms with Crippen molar-refractivity contribution in [2.75, 3.05) is 7.11 Å². The molecule has 4 nitrogen and oxygen atoms in total. The largest absolute Gasteiger partial charge is 0.495 e. The predicted octanol–water partition coefficient (Wildman–Crippen LogP) is 2.33. The lowest BCUT2D eigenvalue weighted by Crippen LogP contribution is -2.04. The minimum Gasteiger partial charge on any atom is -0.495 e. The van der Waals surface area contributed by atoms with Crippen molar-refractivity contribution >= 4 is 15.9 Å². The average molecular weight is 295 g/mol. The van der Waals surface area contributed by atoms with Crippen LogP contribution in [-0.2, 0) is 0 Å². The lowest BCUT2D eigenvalue weighted by atomic mass is 10.1. The molecule has 0 aromatic carbocycles. The van der Waals surface area contributed by atoms with Crippen LogP contribution < -0.4 is 4.74 Å². The number of halogens is 1. The van der Waals surface area contributed by atoms with Gasteiger partial charge in [0.2, 0.25) is 0 Å². The summed E-state index contributed by atoms with van der Waals surface area (Å²) in [6.07, 6.45) is 3.99. The highest BCUT2D eigenvalue weighted by molar-refractivity contribution is 9.10. The van der Waals surface area contributed by atoms with Gasteiger partial charge in [-0.3, -0.25) is 9.97 Å². The van der Waals surface area contributed by atoms with Gasteiger partial charge in [-0.05, 0) is 34.1 Å². The van der Waals surface area contributed by atoms with Gasteiger partial charge in [-0.15, -0.1) is 0 Å². The van der Waals surface area contributed by atoms with Gasteiger partial charge in [0.1, 0.15) is 11.9 Å². The third-order valence-corrected chi connectivity index (χ3v) is 3.00. The first-order valence-electron chi connectivity index (χ1n) is 5.00. The molecule has 0 saturated carbocycles. The van der Waals surface area contributed by atoms with Gasteiger partial charge >= 0.3 is 0 Å². The van der Waals surface area contributed by atoms with E-state index in [0.717, 1.165) is 4.47 Å². The Morgan fingerprint density at radius 1 is 1.41 bits per heavy atom. The molecule has 2 rings (SSSR count). The summed E-state index contributed by atoms with van der Waals surface area (Å²) in [5.41, 5.74) is 1.20. The second kappa shape index (κ2) is 5.25. The van der Waals surface area contributed by atoms with Gasteiger partial charge in [0.25, 0.3) is 0 Å². The fourth-order valence-electron chi connectivity index (χ4n) is 1.45. The standard InChI is InChI=1S/C12H11BrN2O2/c1-17-9-5-8(6-14-7-9)12(16)11-10(13)3-2-4-15-11/h2-7,12,16H,1H3. The number of rotatable bonds is 3. The molecule has 2 aromatic heterocycles. The minimum absolute atomic E-state index is 0.558. The molecule has 88 valence electrons. The van der Waals surface area contributed by atoms with Gasteiger partial charge in [0.15, 0.2) is 0 Å². The SMILES string of the molecule is COc1cncc(C(O)c2ncccc2Br)c1. The van der Waals surface area contributed by atoms with E-state index < -0.39 is 6.10 Å². The zero-order chi connectivity index (χ0) is 12.3.